The number of carboxylic acid groups (broad SMARTS) is 2. The van der Waals surface area contributed by atoms with Gasteiger partial charge in [-0.2, -0.15) is 0 Å². The molecule has 4 aromatic heterocycles. The lowest BCUT2D eigenvalue weighted by Crippen LogP contribution is -2.07. The van der Waals surface area contributed by atoms with Gasteiger partial charge in [-0.3, -0.25) is 29.5 Å². The van der Waals surface area contributed by atoms with E-state index in [-0.39, 0.29) is 76.9 Å². The Kier molecular flexibility index (Phi) is 35.7. The Morgan fingerprint density at radius 3 is 1.30 bits per heavy atom. The lowest BCUT2D eigenvalue weighted by atomic mass is 9.87. The van der Waals surface area contributed by atoms with Crippen molar-refractivity contribution in [2.45, 2.75) is 90.0 Å². The Bertz CT molecular complexity index is 5560. The number of hydrogen-bond donors (Lipinski definition) is 3. The molecule has 0 saturated carbocycles. The van der Waals surface area contributed by atoms with E-state index < -0.39 is 11.9 Å². The monoisotopic (exact) mass is 1950 g/mol. The van der Waals surface area contributed by atoms with E-state index in [0.29, 0.717) is 93.4 Å². The van der Waals surface area contributed by atoms with Crippen LogP contribution in [0.5, 0.6) is 92.0 Å². The highest BCUT2D eigenvalue weighted by Crippen LogP contribution is 2.44. The van der Waals surface area contributed by atoms with E-state index in [1.165, 1.54) is 41.6 Å². The molecule has 0 radical (unpaired) electrons. The first-order valence-corrected chi connectivity index (χ1v) is 37.8. The summed E-state index contributed by atoms with van der Waals surface area (Å²) < 4.78 is 87.8. The number of aromatic nitrogens is 4. The minimum Gasteiger partial charge on any atom is -0.493 e. The van der Waals surface area contributed by atoms with Crippen LogP contribution in [0.4, 0.5) is 5.69 Å². The zero-order chi connectivity index (χ0) is 79.1. The second kappa shape index (κ2) is 44.2. The predicted octanol–water partition coefficient (Wildman–Crippen LogP) is 20.7. The van der Waals surface area contributed by atoms with Gasteiger partial charge in [0.05, 0.1) is 76.7 Å². The first-order chi connectivity index (χ1) is 54.3. The van der Waals surface area contributed by atoms with Gasteiger partial charge in [0.25, 0.3) is 0 Å². The van der Waals surface area contributed by atoms with Crippen LogP contribution in [0.25, 0.3) is 55.3 Å². The van der Waals surface area contributed by atoms with Crippen molar-refractivity contribution < 1.29 is 100 Å². The van der Waals surface area contributed by atoms with E-state index in [9.17, 15) is 19.5 Å². The average molecular weight is 1950 g/mol. The number of methoxy groups -OCH3 is 6. The van der Waals surface area contributed by atoms with Gasteiger partial charge in [0.2, 0.25) is 34.0 Å². The molecule has 4 N–H and O–H groups in total. The number of ether oxygens (including phenoxy) is 16. The Morgan fingerprint density at radius 2 is 0.822 bits per heavy atom. The number of carboxylic acids is 2. The van der Waals surface area contributed by atoms with Crippen LogP contribution >= 0.6 is 67.8 Å². The van der Waals surface area contributed by atoms with Gasteiger partial charge in [0, 0.05) is 104 Å². The first kappa shape index (κ1) is 95.4. The number of rotatable bonds is 17. The van der Waals surface area contributed by atoms with E-state index in [2.05, 4.69) is 126 Å². The molecule has 26 nitrogen and oxygen atoms in total. The number of nitrogens with two attached hydrogens (primary N) is 1. The maximum atomic E-state index is 12.1. The number of halogens is 3. The van der Waals surface area contributed by atoms with E-state index in [1.807, 2.05) is 36.5 Å². The highest BCUT2D eigenvalue weighted by Gasteiger charge is 2.25. The van der Waals surface area contributed by atoms with Crippen molar-refractivity contribution in [2.24, 2.45) is 0 Å². The van der Waals surface area contributed by atoms with Crippen molar-refractivity contribution in [2.75, 3.05) is 82.4 Å². The normalized spacial score (nSPS) is 12.1. The summed E-state index contributed by atoms with van der Waals surface area (Å²) >= 11 is 6.56. The molecule has 118 heavy (non-hydrogen) atoms. The fraction of sp³-hybridized carbons (Fsp3) is 0.270. The van der Waals surface area contributed by atoms with Gasteiger partial charge in [-0.15, -0.1) is 0 Å². The molecule has 0 aliphatic carbocycles. The minimum atomic E-state index is -1.05. The summed E-state index contributed by atoms with van der Waals surface area (Å²) in [5.74, 6) is 9.37. The number of hydrogen-bond acceptors (Lipinski definition) is 24. The summed E-state index contributed by atoms with van der Waals surface area (Å²) in [4.78, 5) is 50.9. The molecule has 1 unspecified atom stereocenters. The number of nitrogens with zero attached hydrogens (tertiary/aromatic N) is 4. The molecule has 1 atom stereocenters. The van der Waals surface area contributed by atoms with Crippen molar-refractivity contribution in [3.63, 3.8) is 0 Å². The number of pyridine rings is 4. The van der Waals surface area contributed by atoms with Crippen LogP contribution in [-0.2, 0) is 22.4 Å². The zero-order valence-corrected chi connectivity index (χ0v) is 68.2. The Morgan fingerprint density at radius 1 is 0.441 bits per heavy atom. The molecule has 0 saturated heterocycles. The number of carbonyl (C=O) groups excluding carboxylic acids is 1. The molecule has 0 fully saturated rings. The Labute approximate surface area is 727 Å². The van der Waals surface area contributed by atoms with Crippen molar-refractivity contribution in [3.8, 4) is 92.0 Å². The molecule has 5 aliphatic heterocycles. The van der Waals surface area contributed by atoms with Crippen molar-refractivity contribution >= 4 is 147 Å². The minimum absolute atomic E-state index is 0. The van der Waals surface area contributed by atoms with E-state index in [4.69, 9.17) is 86.6 Å². The molecule has 626 valence electrons. The second-order valence-electron chi connectivity index (χ2n) is 24.9. The van der Waals surface area contributed by atoms with E-state index >= 15 is 0 Å². The maximum absolute atomic E-state index is 12.1. The number of nitrogen functional groups attached to an aromatic ring is 1. The third kappa shape index (κ3) is 22.2. The first-order valence-electron chi connectivity index (χ1n) is 34.5. The quantitative estimate of drug-likeness (QED) is 0.0330. The van der Waals surface area contributed by atoms with Crippen molar-refractivity contribution in [3.05, 3.63) is 202 Å². The van der Waals surface area contributed by atoms with Crippen LogP contribution in [-0.4, -0.2) is 125 Å². The number of benzene rings is 8. The van der Waals surface area contributed by atoms with Gasteiger partial charge in [-0.05, 0) is 224 Å². The summed E-state index contributed by atoms with van der Waals surface area (Å²) in [5.41, 5.74) is 16.0. The molecular formula is C89H98I3N5O21. The van der Waals surface area contributed by atoms with Crippen LogP contribution in [0.15, 0.2) is 152 Å². The molecule has 9 heterocycles. The fourth-order valence-electron chi connectivity index (χ4n) is 12.5. The standard InChI is InChI=1S/C23H24INO4.C21H16INO6.C11H7NO3.C11H9NO2.C10H11IO4.C7H7NO2.6CH4/c1-4-5-14(16-9-20(26-2)21(27-3)11-18(16)24)8-15-6-7-25-19-12-23-22(10-17(15)19)28-13-29-23;1-26-17-7-13(15(22)8-18(17)27-2)14(21(24)25)5-11-3-4-23-16-9-20-19(6-12(11)16)28-10-29-20;13-5-7-1-2-12-9-4-11-10(3-8(7)9)14-6-15-11;1-7-2-3-12-9-5-11-10(4-8(7)9)13-6-14-11;1-14-8-3-6(4-10(12)13)7(11)5-9(8)15-2;8-5-1-2-6-7(3-5)10-4-9-6;;;;;;/h6-7,9-12,14H,4-5,8,13H2,1-3H3;3-9H,10H2,1-2H3,(H,24,25);1-5H,6H2;2-5H,6H2,1H3;3,5H,4H2,1-2H3,(H,12,13);1-3H,4,8H2;6*1H4/b;14-5+;;;;;;;;;;. The Hall–Kier alpha value is -11.5. The third-order valence-electron chi connectivity index (χ3n) is 18.1. The van der Waals surface area contributed by atoms with Crippen LogP contribution in [0.2, 0.25) is 0 Å². The number of carbonyl (C=O) groups is 3. The zero-order valence-electron chi connectivity index (χ0n) is 61.7. The molecule has 0 bridgehead atoms. The lowest BCUT2D eigenvalue weighted by molar-refractivity contribution is -0.136. The van der Waals surface area contributed by atoms with Gasteiger partial charge in [0.15, 0.2) is 98.3 Å². The molecule has 0 spiro atoms. The van der Waals surface area contributed by atoms with Crippen molar-refractivity contribution in [1.29, 1.82) is 0 Å². The molecule has 29 heteroatoms. The summed E-state index contributed by atoms with van der Waals surface area (Å²) in [7, 11) is 9.47. The lowest BCUT2D eigenvalue weighted by Gasteiger charge is -2.21. The second-order valence-corrected chi connectivity index (χ2v) is 28.3. The van der Waals surface area contributed by atoms with Crippen LogP contribution in [0.3, 0.4) is 0 Å². The molecule has 12 aromatic rings. The van der Waals surface area contributed by atoms with Crippen LogP contribution in [0.1, 0.15) is 114 Å². The van der Waals surface area contributed by atoms with Crippen LogP contribution in [0, 0.1) is 17.6 Å². The number of aryl methyl sites for hydroxylation is 1. The van der Waals surface area contributed by atoms with E-state index in [0.717, 1.165) is 122 Å². The summed E-state index contributed by atoms with van der Waals surface area (Å²) in [6.07, 6.45) is 12.4. The van der Waals surface area contributed by atoms with Gasteiger partial charge in [-0.25, -0.2) is 4.79 Å². The van der Waals surface area contributed by atoms with Gasteiger partial charge in [0.1, 0.15) is 0 Å². The van der Waals surface area contributed by atoms with Gasteiger partial charge < -0.3 is 91.7 Å². The van der Waals surface area contributed by atoms with Gasteiger partial charge in [-0.1, -0.05) is 57.9 Å². The summed E-state index contributed by atoms with van der Waals surface area (Å²) in [6.45, 7) is 5.55. The highest BCUT2D eigenvalue weighted by molar-refractivity contribution is 14.1. The fourth-order valence-corrected chi connectivity index (χ4v) is 14.8. The molecule has 8 aromatic carbocycles. The number of anilines is 1. The number of aliphatic carboxylic acids is 2. The molecule has 17 rings (SSSR count). The predicted molar refractivity (Wildman–Crippen MR) is 484 cm³/mol. The molecule has 0 amide bonds. The molecular weight excluding hydrogens is 1860 g/mol. The van der Waals surface area contributed by atoms with E-state index in [1.54, 1.807) is 119 Å². The summed E-state index contributed by atoms with van der Waals surface area (Å²) in [6, 6.07) is 39.0. The highest BCUT2D eigenvalue weighted by atomic mass is 127. The average Bonchev–Trinajstić information content (AvgIpc) is 1.37. The largest absolute Gasteiger partial charge is 0.493 e. The smallest absolute Gasteiger partial charge is 0.336 e. The number of fused-ring (bicyclic) bond motifs is 9. The SMILES string of the molecule is C.C.C.C.C.C.CCCC(Cc1ccnc2cc3c(cc12)OCO3)c1cc(OC)c(OC)cc1I.COc1cc(I)c(/C(=C\c2ccnc3cc4c(cc23)OCO4)C(=O)O)cc1OC.COc1cc(I)c(CC(=O)O)cc1OC.Cc1ccnc2cc3c(cc12)OCO3.Nc1ccc2c(c1)OCO2.O=Cc1ccnc2cc3c(cc12)OCO3. The van der Waals surface area contributed by atoms with Gasteiger partial charge >= 0.3 is 11.9 Å². The van der Waals surface area contributed by atoms with Crippen LogP contribution < -0.4 is 81.5 Å². The topological polar surface area (TPSA) is 317 Å². The number of aldehydes is 1. The maximum Gasteiger partial charge on any atom is 0.336 e. The Balaban J connectivity index is 0.000000226. The summed E-state index contributed by atoms with van der Waals surface area (Å²) in [5, 5.41) is 22.4. The third-order valence-corrected chi connectivity index (χ3v) is 20.9. The van der Waals surface area contributed by atoms with Crippen molar-refractivity contribution in [1.82, 2.24) is 19.9 Å². The molecule has 5 aliphatic rings.